The van der Waals surface area contributed by atoms with Crippen LogP contribution in [0.5, 0.6) is 5.75 Å². The molecule has 4 nitrogen and oxygen atoms in total. The van der Waals surface area contributed by atoms with Gasteiger partial charge in [0, 0.05) is 17.9 Å². The summed E-state index contributed by atoms with van der Waals surface area (Å²) in [6.45, 7) is 6.46. The lowest BCUT2D eigenvalue weighted by Gasteiger charge is -2.10. The van der Waals surface area contributed by atoms with Crippen LogP contribution in [-0.4, -0.2) is 14.8 Å². The van der Waals surface area contributed by atoms with Crippen molar-refractivity contribution < 1.29 is 13.5 Å². The summed E-state index contributed by atoms with van der Waals surface area (Å²) in [7, 11) is 0. The van der Waals surface area contributed by atoms with Gasteiger partial charge in [0.2, 0.25) is 0 Å². The van der Waals surface area contributed by atoms with E-state index in [2.05, 4.69) is 16.8 Å². The molecular weight excluding hydrogens is 368 g/mol. The Kier molecular flexibility index (Phi) is 6.24. The molecule has 7 heteroatoms. The van der Waals surface area contributed by atoms with Crippen LogP contribution in [0.4, 0.5) is 8.78 Å². The molecule has 0 fully saturated rings. The molecular formula is C20H19F2N3OS. The highest BCUT2D eigenvalue weighted by Crippen LogP contribution is 2.25. The highest BCUT2D eigenvalue weighted by Gasteiger charge is 2.15. The molecule has 2 aromatic carbocycles. The standard InChI is InChI=1S/C20H19F2N3OS/c1-3-11-25-19(12-26-15-9-7-14(2)8-10-15)23-24-20(25)27-13-16-17(21)5-4-6-18(16)22/h3-10H,1,11-13H2,2H3. The van der Waals surface area contributed by atoms with Gasteiger partial charge in [-0.2, -0.15) is 0 Å². The minimum atomic E-state index is -0.569. The van der Waals surface area contributed by atoms with Crippen molar-refractivity contribution in [3.05, 3.63) is 83.7 Å². The molecule has 0 N–H and O–H groups in total. The molecule has 0 spiro atoms. The Morgan fingerprint density at radius 1 is 1.11 bits per heavy atom. The average molecular weight is 387 g/mol. The van der Waals surface area contributed by atoms with E-state index >= 15 is 0 Å². The zero-order valence-corrected chi connectivity index (χ0v) is 15.7. The second-order valence-corrected chi connectivity index (χ2v) is 6.83. The van der Waals surface area contributed by atoms with Gasteiger partial charge in [0.25, 0.3) is 0 Å². The van der Waals surface area contributed by atoms with E-state index in [9.17, 15) is 8.78 Å². The molecule has 0 amide bonds. The Hall–Kier alpha value is -2.67. The third-order valence-electron chi connectivity index (χ3n) is 3.90. The number of hydrogen-bond acceptors (Lipinski definition) is 4. The molecule has 3 rings (SSSR count). The van der Waals surface area contributed by atoms with Crippen LogP contribution in [-0.2, 0) is 18.9 Å². The summed E-state index contributed by atoms with van der Waals surface area (Å²) in [4.78, 5) is 0. The van der Waals surface area contributed by atoms with Gasteiger partial charge in [-0.15, -0.1) is 16.8 Å². The average Bonchev–Trinajstić information content (AvgIpc) is 3.03. The van der Waals surface area contributed by atoms with Crippen molar-refractivity contribution >= 4 is 11.8 Å². The summed E-state index contributed by atoms with van der Waals surface area (Å²) in [5.74, 6) is 0.330. The van der Waals surface area contributed by atoms with Gasteiger partial charge < -0.3 is 4.74 Å². The van der Waals surface area contributed by atoms with Crippen LogP contribution in [0.1, 0.15) is 17.0 Å². The van der Waals surface area contributed by atoms with Crippen molar-refractivity contribution in [2.45, 2.75) is 31.0 Å². The Bertz CT molecular complexity index is 905. The monoisotopic (exact) mass is 387 g/mol. The minimum Gasteiger partial charge on any atom is -0.486 e. The number of nitrogens with zero attached hydrogens (tertiary/aromatic N) is 3. The number of aryl methyl sites for hydroxylation is 1. The molecule has 27 heavy (non-hydrogen) atoms. The molecule has 140 valence electrons. The molecule has 0 saturated carbocycles. The van der Waals surface area contributed by atoms with Gasteiger partial charge in [-0.25, -0.2) is 8.78 Å². The smallest absolute Gasteiger partial charge is 0.191 e. The molecule has 0 saturated heterocycles. The summed E-state index contributed by atoms with van der Waals surface area (Å²) in [5.41, 5.74) is 1.17. The summed E-state index contributed by atoms with van der Waals surface area (Å²) in [6.07, 6.45) is 1.71. The Balaban J connectivity index is 1.72. The van der Waals surface area contributed by atoms with Gasteiger partial charge in [0.15, 0.2) is 11.0 Å². The minimum absolute atomic E-state index is 0.0214. The molecule has 0 radical (unpaired) electrons. The second kappa shape index (κ2) is 8.81. The van der Waals surface area contributed by atoms with E-state index in [1.807, 2.05) is 35.8 Å². The molecule has 0 atom stereocenters. The fraction of sp³-hybridized carbons (Fsp3) is 0.200. The third kappa shape index (κ3) is 4.74. The van der Waals surface area contributed by atoms with E-state index in [4.69, 9.17) is 4.74 Å². The zero-order valence-electron chi connectivity index (χ0n) is 14.9. The Morgan fingerprint density at radius 2 is 1.81 bits per heavy atom. The van der Waals surface area contributed by atoms with E-state index in [0.29, 0.717) is 17.5 Å². The van der Waals surface area contributed by atoms with Crippen molar-refractivity contribution in [3.8, 4) is 5.75 Å². The first kappa shape index (κ1) is 19.1. The van der Waals surface area contributed by atoms with Crippen molar-refractivity contribution in [1.29, 1.82) is 0 Å². The SMILES string of the molecule is C=CCn1c(COc2ccc(C)cc2)nnc1SCc1c(F)cccc1F. The number of allylic oxidation sites excluding steroid dienone is 1. The number of aromatic nitrogens is 3. The van der Waals surface area contributed by atoms with Crippen LogP contribution in [0.15, 0.2) is 60.3 Å². The lowest BCUT2D eigenvalue weighted by atomic mass is 10.2. The maximum atomic E-state index is 13.8. The van der Waals surface area contributed by atoms with Gasteiger partial charge in [-0.1, -0.05) is 41.6 Å². The molecule has 0 unspecified atom stereocenters. The number of halogens is 2. The fourth-order valence-electron chi connectivity index (χ4n) is 2.43. The van der Waals surface area contributed by atoms with E-state index in [0.717, 1.165) is 11.3 Å². The first-order chi connectivity index (χ1) is 13.1. The van der Waals surface area contributed by atoms with E-state index in [1.54, 1.807) is 6.08 Å². The molecule has 0 aliphatic rings. The molecule has 0 aliphatic heterocycles. The Labute approximate surface area is 160 Å². The Morgan fingerprint density at radius 3 is 2.48 bits per heavy atom. The second-order valence-electron chi connectivity index (χ2n) is 5.89. The summed E-state index contributed by atoms with van der Waals surface area (Å²) < 4.78 is 35.2. The third-order valence-corrected chi connectivity index (χ3v) is 4.89. The maximum absolute atomic E-state index is 13.8. The van der Waals surface area contributed by atoms with Gasteiger partial charge in [0.05, 0.1) is 0 Å². The van der Waals surface area contributed by atoms with Crippen LogP contribution in [0.3, 0.4) is 0 Å². The summed E-state index contributed by atoms with van der Waals surface area (Å²) in [5, 5.41) is 8.85. The molecule has 0 bridgehead atoms. The van der Waals surface area contributed by atoms with E-state index < -0.39 is 11.6 Å². The largest absolute Gasteiger partial charge is 0.486 e. The maximum Gasteiger partial charge on any atom is 0.191 e. The predicted octanol–water partition coefficient (Wildman–Crippen LogP) is 4.92. The quantitative estimate of drug-likeness (QED) is 0.406. The lowest BCUT2D eigenvalue weighted by molar-refractivity contribution is 0.289. The molecule has 1 heterocycles. The number of rotatable bonds is 8. The van der Waals surface area contributed by atoms with Crippen LogP contribution < -0.4 is 4.74 Å². The van der Waals surface area contributed by atoms with Crippen molar-refractivity contribution in [3.63, 3.8) is 0 Å². The number of hydrogen-bond donors (Lipinski definition) is 0. The molecule has 3 aromatic rings. The predicted molar refractivity (Wildman–Crippen MR) is 102 cm³/mol. The van der Waals surface area contributed by atoms with Crippen LogP contribution in [0, 0.1) is 18.6 Å². The van der Waals surface area contributed by atoms with Crippen LogP contribution in [0.25, 0.3) is 0 Å². The van der Waals surface area contributed by atoms with Gasteiger partial charge in [0.1, 0.15) is 24.0 Å². The highest BCUT2D eigenvalue weighted by atomic mass is 32.2. The van der Waals surface area contributed by atoms with Crippen LogP contribution >= 0.6 is 11.8 Å². The molecule has 0 aliphatic carbocycles. The topological polar surface area (TPSA) is 39.9 Å². The number of ether oxygens (including phenoxy) is 1. The summed E-state index contributed by atoms with van der Waals surface area (Å²) >= 11 is 1.22. The normalized spacial score (nSPS) is 10.8. The first-order valence-corrected chi connectivity index (χ1v) is 9.35. The zero-order chi connectivity index (χ0) is 19.2. The lowest BCUT2D eigenvalue weighted by Crippen LogP contribution is -2.07. The van der Waals surface area contributed by atoms with Gasteiger partial charge in [-0.3, -0.25) is 4.57 Å². The number of thioether (sulfide) groups is 1. The van der Waals surface area contributed by atoms with E-state index in [-0.39, 0.29) is 17.9 Å². The number of benzene rings is 2. The van der Waals surface area contributed by atoms with Gasteiger partial charge in [-0.05, 0) is 31.2 Å². The summed E-state index contributed by atoms with van der Waals surface area (Å²) in [6, 6.07) is 11.5. The fourth-order valence-corrected chi connectivity index (χ4v) is 3.42. The highest BCUT2D eigenvalue weighted by molar-refractivity contribution is 7.98. The van der Waals surface area contributed by atoms with Crippen LogP contribution in [0.2, 0.25) is 0 Å². The van der Waals surface area contributed by atoms with Crippen molar-refractivity contribution in [1.82, 2.24) is 14.8 Å². The van der Waals surface area contributed by atoms with Gasteiger partial charge >= 0.3 is 0 Å². The molecule has 1 aromatic heterocycles. The van der Waals surface area contributed by atoms with Crippen molar-refractivity contribution in [2.24, 2.45) is 0 Å². The van der Waals surface area contributed by atoms with Crippen molar-refractivity contribution in [2.75, 3.05) is 0 Å². The first-order valence-electron chi connectivity index (χ1n) is 8.36. The van der Waals surface area contributed by atoms with E-state index in [1.165, 1.54) is 30.0 Å².